The lowest BCUT2D eigenvalue weighted by Gasteiger charge is -2.39. The maximum Gasteiger partial charge on any atom is 0.239 e. The van der Waals surface area contributed by atoms with E-state index in [9.17, 15) is 35.4 Å². The Bertz CT molecular complexity index is 1390. The van der Waals surface area contributed by atoms with E-state index in [0.29, 0.717) is 5.56 Å². The zero-order valence-electron chi connectivity index (χ0n) is 21.0. The summed E-state index contributed by atoms with van der Waals surface area (Å²) in [7, 11) is 1.29. The second-order valence-electron chi connectivity index (χ2n) is 9.22. The van der Waals surface area contributed by atoms with Gasteiger partial charge in [-0.2, -0.15) is 0 Å². The molecule has 5 atom stereocenters. The maximum atomic E-state index is 13.4. The number of rotatable bonds is 7. The molecule has 1 aliphatic heterocycles. The number of allylic oxidation sites excluding steroid dienone is 2. The van der Waals surface area contributed by atoms with Crippen molar-refractivity contribution in [3.05, 3.63) is 57.8 Å². The number of phenolic OH excluding ortho intramolecular Hbond substituents is 2. The van der Waals surface area contributed by atoms with Gasteiger partial charge in [0.15, 0.2) is 5.76 Å². The molecule has 2 heterocycles. The monoisotopic (exact) mass is 530 g/mol. The number of fused-ring (bicyclic) bond motifs is 1. The van der Waals surface area contributed by atoms with Crippen molar-refractivity contribution in [3.8, 4) is 34.3 Å². The molecule has 6 N–H and O–H groups in total. The molecule has 0 amide bonds. The lowest BCUT2D eigenvalue weighted by molar-refractivity contribution is -0.277. The highest BCUT2D eigenvalue weighted by Gasteiger charge is 2.45. The van der Waals surface area contributed by atoms with Crippen LogP contribution in [0.4, 0.5) is 0 Å². The predicted molar refractivity (Wildman–Crippen MR) is 135 cm³/mol. The predicted octanol–water partition coefficient (Wildman–Crippen LogP) is 1.57. The Morgan fingerprint density at radius 1 is 1.05 bits per heavy atom. The van der Waals surface area contributed by atoms with Gasteiger partial charge < -0.3 is 49.3 Å². The molecule has 0 unspecified atom stereocenters. The van der Waals surface area contributed by atoms with Crippen LogP contribution in [0.1, 0.15) is 19.4 Å². The number of aliphatic hydroxyl groups is 4. The van der Waals surface area contributed by atoms with Crippen molar-refractivity contribution in [1.82, 2.24) is 0 Å². The Kier molecular flexibility index (Phi) is 7.95. The number of aromatic hydroxyl groups is 2. The second kappa shape index (κ2) is 11.0. The van der Waals surface area contributed by atoms with Crippen LogP contribution in [0, 0.1) is 0 Å². The molecule has 0 aliphatic carbocycles. The summed E-state index contributed by atoms with van der Waals surface area (Å²) < 4.78 is 22.6. The molecule has 11 nitrogen and oxygen atoms in total. The van der Waals surface area contributed by atoms with Crippen molar-refractivity contribution in [2.24, 2.45) is 0 Å². The van der Waals surface area contributed by atoms with E-state index in [1.807, 2.05) is 13.8 Å². The van der Waals surface area contributed by atoms with E-state index in [2.05, 4.69) is 0 Å². The molecule has 0 radical (unpaired) electrons. The van der Waals surface area contributed by atoms with Gasteiger partial charge >= 0.3 is 0 Å². The van der Waals surface area contributed by atoms with Gasteiger partial charge in [0.1, 0.15) is 52.6 Å². The lowest BCUT2D eigenvalue weighted by Crippen LogP contribution is -2.60. The van der Waals surface area contributed by atoms with Crippen LogP contribution in [0.5, 0.6) is 23.0 Å². The van der Waals surface area contributed by atoms with Crippen molar-refractivity contribution >= 4 is 11.0 Å². The standard InChI is InChI=1S/C27H30O11/c1-12(2)4-9-15-16(37-27-24(34)23(33)21(31)18(11-28)38-27)10-17-19(20(15)30)22(32)26(35-3)25(36-17)13-5-7-14(29)8-6-13/h4-8,10,18,21,23-24,27-31,33-34H,9,11H2,1-3H3/t18-,21-,23+,24-,27-/m1/s1. The Balaban J connectivity index is 1.91. The third-order valence-electron chi connectivity index (χ3n) is 6.32. The van der Waals surface area contributed by atoms with Gasteiger partial charge in [0, 0.05) is 17.2 Å². The van der Waals surface area contributed by atoms with Gasteiger partial charge in [0.2, 0.25) is 17.5 Å². The van der Waals surface area contributed by atoms with Crippen molar-refractivity contribution in [2.45, 2.75) is 51.0 Å². The SMILES string of the molecule is COc1c(-c2ccc(O)cc2)oc2cc(O[C@@H]3O[C@H](CO)[C@@H](O)[C@H](O)[C@H]3O)c(CC=C(C)C)c(O)c2c1=O. The van der Waals surface area contributed by atoms with Crippen molar-refractivity contribution < 1.29 is 49.3 Å². The van der Waals surface area contributed by atoms with Gasteiger partial charge in [-0.1, -0.05) is 11.6 Å². The molecule has 1 aliphatic rings. The molecule has 3 aromatic rings. The zero-order chi connectivity index (χ0) is 27.7. The molecule has 1 aromatic heterocycles. The first-order chi connectivity index (χ1) is 18.1. The molecular formula is C27H30O11. The summed E-state index contributed by atoms with van der Waals surface area (Å²) in [4.78, 5) is 13.4. The Morgan fingerprint density at radius 3 is 2.34 bits per heavy atom. The van der Waals surface area contributed by atoms with Gasteiger partial charge in [-0.3, -0.25) is 4.79 Å². The first-order valence-electron chi connectivity index (χ1n) is 11.9. The van der Waals surface area contributed by atoms with E-state index in [-0.39, 0.29) is 46.0 Å². The van der Waals surface area contributed by atoms with Crippen LogP contribution in [0.15, 0.2) is 51.2 Å². The largest absolute Gasteiger partial charge is 0.508 e. The lowest BCUT2D eigenvalue weighted by atomic mass is 9.99. The number of hydrogen-bond donors (Lipinski definition) is 6. The number of hydrogen-bond acceptors (Lipinski definition) is 11. The summed E-state index contributed by atoms with van der Waals surface area (Å²) in [5, 5.41) is 61.0. The number of methoxy groups -OCH3 is 1. The summed E-state index contributed by atoms with van der Waals surface area (Å²) in [6.45, 7) is 3.04. The number of aliphatic hydroxyl groups excluding tert-OH is 4. The molecule has 38 heavy (non-hydrogen) atoms. The fraction of sp³-hybridized carbons (Fsp3) is 0.370. The maximum absolute atomic E-state index is 13.4. The van der Waals surface area contributed by atoms with E-state index in [4.69, 9.17) is 18.6 Å². The minimum Gasteiger partial charge on any atom is -0.508 e. The van der Waals surface area contributed by atoms with E-state index >= 15 is 0 Å². The first kappa shape index (κ1) is 27.4. The summed E-state index contributed by atoms with van der Waals surface area (Å²) in [5.74, 6) is -0.576. The van der Waals surface area contributed by atoms with Crippen LogP contribution in [0.3, 0.4) is 0 Å². The first-order valence-corrected chi connectivity index (χ1v) is 11.9. The van der Waals surface area contributed by atoms with Crippen LogP contribution in [0.25, 0.3) is 22.3 Å². The van der Waals surface area contributed by atoms with Gasteiger partial charge in [0.25, 0.3) is 0 Å². The van der Waals surface area contributed by atoms with Crippen molar-refractivity contribution in [3.63, 3.8) is 0 Å². The van der Waals surface area contributed by atoms with Crippen LogP contribution < -0.4 is 14.9 Å². The normalized spacial score (nSPS) is 23.3. The van der Waals surface area contributed by atoms with Crippen molar-refractivity contribution in [1.29, 1.82) is 0 Å². The topological polar surface area (TPSA) is 179 Å². The summed E-state index contributed by atoms with van der Waals surface area (Å²) in [6.07, 6.45) is -5.79. The minimum absolute atomic E-state index is 0.00706. The van der Waals surface area contributed by atoms with E-state index in [1.54, 1.807) is 6.08 Å². The highest BCUT2D eigenvalue weighted by atomic mass is 16.7. The molecular weight excluding hydrogens is 500 g/mol. The third-order valence-corrected chi connectivity index (χ3v) is 6.32. The van der Waals surface area contributed by atoms with Crippen LogP contribution in [-0.2, 0) is 11.2 Å². The van der Waals surface area contributed by atoms with Crippen LogP contribution >= 0.6 is 0 Å². The van der Waals surface area contributed by atoms with Crippen LogP contribution in [0.2, 0.25) is 0 Å². The quantitative estimate of drug-likeness (QED) is 0.244. The van der Waals surface area contributed by atoms with E-state index < -0.39 is 48.5 Å². The number of phenols is 2. The summed E-state index contributed by atoms with van der Waals surface area (Å²) in [6, 6.07) is 7.21. The molecule has 0 spiro atoms. The molecule has 11 heteroatoms. The average Bonchev–Trinajstić information content (AvgIpc) is 2.88. The Morgan fingerprint density at radius 2 is 1.74 bits per heavy atom. The summed E-state index contributed by atoms with van der Waals surface area (Å²) in [5.41, 5.74) is 0.783. The fourth-order valence-electron chi connectivity index (χ4n) is 4.22. The van der Waals surface area contributed by atoms with Crippen molar-refractivity contribution in [2.75, 3.05) is 13.7 Å². The van der Waals surface area contributed by atoms with Gasteiger partial charge in [-0.25, -0.2) is 0 Å². The van der Waals surface area contributed by atoms with E-state index in [1.165, 1.54) is 37.4 Å². The smallest absolute Gasteiger partial charge is 0.239 e. The fourth-order valence-corrected chi connectivity index (χ4v) is 4.22. The van der Waals surface area contributed by atoms with Gasteiger partial charge in [-0.05, 0) is 44.5 Å². The molecule has 4 rings (SSSR count). The highest BCUT2D eigenvalue weighted by Crippen LogP contribution is 2.41. The molecule has 0 bridgehead atoms. The molecule has 2 aromatic carbocycles. The van der Waals surface area contributed by atoms with E-state index in [0.717, 1.165) is 5.57 Å². The molecule has 204 valence electrons. The average molecular weight is 531 g/mol. The zero-order valence-corrected chi connectivity index (χ0v) is 21.0. The summed E-state index contributed by atoms with van der Waals surface area (Å²) >= 11 is 0. The van der Waals surface area contributed by atoms with Crippen LogP contribution in [-0.4, -0.2) is 75.1 Å². The second-order valence-corrected chi connectivity index (χ2v) is 9.22. The minimum atomic E-state index is -1.70. The van der Waals surface area contributed by atoms with Gasteiger partial charge in [0.05, 0.1) is 13.7 Å². The molecule has 1 fully saturated rings. The number of benzene rings is 2. The van der Waals surface area contributed by atoms with Gasteiger partial charge in [-0.15, -0.1) is 0 Å². The molecule has 0 saturated carbocycles. The third kappa shape index (κ3) is 5.06. The number of ether oxygens (including phenoxy) is 3. The highest BCUT2D eigenvalue weighted by molar-refractivity contribution is 5.90. The Labute approximate surface area is 217 Å². The Hall–Kier alpha value is -3.61. The molecule has 1 saturated heterocycles.